The summed E-state index contributed by atoms with van der Waals surface area (Å²) < 4.78 is 5.94. The fourth-order valence-electron chi connectivity index (χ4n) is 6.96. The van der Waals surface area contributed by atoms with Gasteiger partial charge >= 0.3 is 0 Å². The summed E-state index contributed by atoms with van der Waals surface area (Å²) in [6, 6.07) is 0. The molecule has 0 radical (unpaired) electrons. The van der Waals surface area contributed by atoms with E-state index in [-0.39, 0.29) is 11.5 Å². The van der Waals surface area contributed by atoms with Crippen molar-refractivity contribution in [2.45, 2.75) is 109 Å². The normalized spacial score (nSPS) is 38.2. The maximum atomic E-state index is 10.2. The number of hydrogen-bond donors (Lipinski definition) is 3. The van der Waals surface area contributed by atoms with Crippen molar-refractivity contribution in [3.05, 3.63) is 35.5 Å². The molecular formula is C28H46O4. The van der Waals surface area contributed by atoms with Crippen molar-refractivity contribution in [3.8, 4) is 0 Å². The Kier molecular flexibility index (Phi) is 8.13. The van der Waals surface area contributed by atoms with Gasteiger partial charge in [0.25, 0.3) is 0 Å². The van der Waals surface area contributed by atoms with Gasteiger partial charge in [-0.3, -0.25) is 0 Å². The largest absolute Gasteiger partial charge is 0.393 e. The number of methoxy groups -OCH3 is 1. The number of aliphatic hydroxyl groups is 3. The van der Waals surface area contributed by atoms with E-state index in [0.717, 1.165) is 30.4 Å². The fraction of sp³-hybridized carbons (Fsp3) is 0.786. The predicted molar refractivity (Wildman–Crippen MR) is 130 cm³/mol. The average molecular weight is 447 g/mol. The second kappa shape index (κ2) is 10.1. The van der Waals surface area contributed by atoms with Crippen LogP contribution in [0.4, 0.5) is 0 Å². The molecule has 0 aromatic rings. The molecule has 182 valence electrons. The molecule has 3 aliphatic carbocycles. The Labute approximate surface area is 195 Å². The third-order valence-electron chi connectivity index (χ3n) is 8.87. The molecule has 3 rings (SSSR count). The highest BCUT2D eigenvalue weighted by Gasteiger charge is 2.51. The Balaban J connectivity index is 1.76. The number of allylic oxidation sites excluding steroid dienone is 3. The quantitative estimate of drug-likeness (QED) is 0.494. The third-order valence-corrected chi connectivity index (χ3v) is 8.87. The monoisotopic (exact) mass is 446 g/mol. The predicted octanol–water partition coefficient (Wildman–Crippen LogP) is 5.33. The van der Waals surface area contributed by atoms with Crippen LogP contribution in [0.3, 0.4) is 0 Å². The molecule has 3 fully saturated rings. The van der Waals surface area contributed by atoms with E-state index >= 15 is 0 Å². The Morgan fingerprint density at radius 1 is 1.25 bits per heavy atom. The second-order valence-electron chi connectivity index (χ2n) is 11.6. The average Bonchev–Trinajstić information content (AvgIpc) is 3.06. The number of hydrogen-bond acceptors (Lipinski definition) is 4. The first kappa shape index (κ1) is 25.7. The summed E-state index contributed by atoms with van der Waals surface area (Å²) >= 11 is 0. The smallest absolute Gasteiger partial charge is 0.0811 e. The molecular weight excluding hydrogens is 400 g/mol. The van der Waals surface area contributed by atoms with Crippen LogP contribution in [0, 0.1) is 23.2 Å². The molecule has 0 amide bonds. The van der Waals surface area contributed by atoms with E-state index in [1.807, 2.05) is 21.0 Å². The number of rotatable bonds is 7. The van der Waals surface area contributed by atoms with Gasteiger partial charge in [0.05, 0.1) is 23.9 Å². The van der Waals surface area contributed by atoms with E-state index in [9.17, 15) is 15.3 Å². The zero-order chi connectivity index (χ0) is 23.7. The molecule has 3 saturated carbocycles. The van der Waals surface area contributed by atoms with E-state index in [4.69, 9.17) is 4.74 Å². The van der Waals surface area contributed by atoms with E-state index in [1.54, 1.807) is 0 Å². The molecule has 32 heavy (non-hydrogen) atoms. The molecule has 0 aliphatic heterocycles. The van der Waals surface area contributed by atoms with Crippen LogP contribution in [0.2, 0.25) is 0 Å². The molecule has 0 aromatic carbocycles. The first-order chi connectivity index (χ1) is 15.0. The highest BCUT2D eigenvalue weighted by atomic mass is 16.5. The van der Waals surface area contributed by atoms with E-state index < -0.39 is 17.8 Å². The Hall–Kier alpha value is -0.940. The lowest BCUT2D eigenvalue weighted by molar-refractivity contribution is -0.0247. The van der Waals surface area contributed by atoms with Crippen molar-refractivity contribution < 1.29 is 20.1 Å². The van der Waals surface area contributed by atoms with E-state index in [0.29, 0.717) is 30.6 Å². The summed E-state index contributed by atoms with van der Waals surface area (Å²) in [5, 5.41) is 30.4. The third kappa shape index (κ3) is 5.58. The van der Waals surface area contributed by atoms with Crippen LogP contribution in [-0.4, -0.2) is 46.3 Å². The lowest BCUT2D eigenvalue weighted by Gasteiger charge is -2.45. The lowest BCUT2D eigenvalue weighted by atomic mass is 9.60. The van der Waals surface area contributed by atoms with Crippen LogP contribution < -0.4 is 0 Å². The van der Waals surface area contributed by atoms with Gasteiger partial charge < -0.3 is 20.1 Å². The number of ether oxygens (including phenoxy) is 1. The molecule has 0 spiro atoms. The molecule has 4 nitrogen and oxygen atoms in total. The van der Waals surface area contributed by atoms with Crippen molar-refractivity contribution in [1.82, 2.24) is 0 Å². The summed E-state index contributed by atoms with van der Waals surface area (Å²) in [6.07, 6.45) is 12.1. The van der Waals surface area contributed by atoms with E-state index in [2.05, 4.69) is 32.6 Å². The summed E-state index contributed by atoms with van der Waals surface area (Å²) in [5.41, 5.74) is 2.89. The molecule has 0 aromatic heterocycles. The summed E-state index contributed by atoms with van der Waals surface area (Å²) in [6.45, 7) is 12.7. The van der Waals surface area contributed by atoms with Crippen LogP contribution in [-0.2, 0) is 4.74 Å². The van der Waals surface area contributed by atoms with Crippen molar-refractivity contribution in [2.24, 2.45) is 23.2 Å². The van der Waals surface area contributed by atoms with Gasteiger partial charge in [-0.05, 0) is 99.5 Å². The maximum absolute atomic E-state index is 10.2. The minimum atomic E-state index is -0.656. The summed E-state index contributed by atoms with van der Waals surface area (Å²) in [5.74, 6) is 1.65. The highest BCUT2D eigenvalue weighted by molar-refractivity contribution is 5.38. The van der Waals surface area contributed by atoms with Gasteiger partial charge in [-0.2, -0.15) is 0 Å². The standard InChI is InChI=1S/C28H46O4/c1-18-21(16-22(29)17-25(18)30)10-9-20-8-7-14-28(5)23(11-12-24(20)28)19(2)26(32-6)13-15-27(3,4)31/h9-10,19,22-26,29-31H,1,7-8,11-17H2,2-6H3/b20-9?,21-10-/t19-,22+,23+,24?,25+,26+,28+/m0/s1. The first-order valence-corrected chi connectivity index (χ1v) is 12.7. The SMILES string of the molecule is C=C1/C(=C\C=C2CCC[C@@]3(C)C2CC[C@@H]3[C@H](C)[C@@H](CCC(C)(C)O)OC)C[C@@H](O)C[C@H]1O. The molecule has 7 atom stereocenters. The second-order valence-corrected chi connectivity index (χ2v) is 11.6. The van der Waals surface area contributed by atoms with E-state index in [1.165, 1.54) is 31.3 Å². The molecule has 3 aliphatic rings. The molecule has 1 unspecified atom stereocenters. The van der Waals surface area contributed by atoms with Gasteiger partial charge in [0.1, 0.15) is 0 Å². The van der Waals surface area contributed by atoms with Crippen LogP contribution >= 0.6 is 0 Å². The van der Waals surface area contributed by atoms with Crippen molar-refractivity contribution in [2.75, 3.05) is 7.11 Å². The molecule has 4 heteroatoms. The minimum absolute atomic E-state index is 0.173. The van der Waals surface area contributed by atoms with Gasteiger partial charge in [-0.15, -0.1) is 0 Å². The first-order valence-electron chi connectivity index (χ1n) is 12.7. The zero-order valence-corrected chi connectivity index (χ0v) is 20.9. The maximum Gasteiger partial charge on any atom is 0.0811 e. The van der Waals surface area contributed by atoms with Gasteiger partial charge in [-0.1, -0.05) is 38.2 Å². The fourth-order valence-corrected chi connectivity index (χ4v) is 6.96. The summed E-state index contributed by atoms with van der Waals surface area (Å²) in [7, 11) is 1.82. The Morgan fingerprint density at radius 2 is 1.97 bits per heavy atom. The van der Waals surface area contributed by atoms with Crippen LogP contribution in [0.1, 0.15) is 85.5 Å². The highest BCUT2D eigenvalue weighted by Crippen LogP contribution is 2.60. The Bertz CT molecular complexity index is 730. The van der Waals surface area contributed by atoms with Gasteiger partial charge in [-0.25, -0.2) is 0 Å². The van der Waals surface area contributed by atoms with Gasteiger partial charge in [0.15, 0.2) is 0 Å². The van der Waals surface area contributed by atoms with Crippen molar-refractivity contribution in [1.29, 1.82) is 0 Å². The number of aliphatic hydroxyl groups excluding tert-OH is 2. The zero-order valence-electron chi connectivity index (χ0n) is 20.9. The van der Waals surface area contributed by atoms with Crippen LogP contribution in [0.5, 0.6) is 0 Å². The summed E-state index contributed by atoms with van der Waals surface area (Å²) in [4.78, 5) is 0. The molecule has 3 N–H and O–H groups in total. The minimum Gasteiger partial charge on any atom is -0.393 e. The van der Waals surface area contributed by atoms with Crippen LogP contribution in [0.25, 0.3) is 0 Å². The molecule has 0 saturated heterocycles. The van der Waals surface area contributed by atoms with Crippen molar-refractivity contribution in [3.63, 3.8) is 0 Å². The van der Waals surface area contributed by atoms with Gasteiger partial charge in [0.2, 0.25) is 0 Å². The number of fused-ring (bicyclic) bond motifs is 1. The van der Waals surface area contributed by atoms with Gasteiger partial charge in [0, 0.05) is 13.5 Å². The lowest BCUT2D eigenvalue weighted by Crippen LogP contribution is -2.40. The van der Waals surface area contributed by atoms with Crippen molar-refractivity contribution >= 4 is 0 Å². The van der Waals surface area contributed by atoms with Crippen LogP contribution in [0.15, 0.2) is 35.5 Å². The topological polar surface area (TPSA) is 69.9 Å². The molecule has 0 bridgehead atoms. The Morgan fingerprint density at radius 3 is 2.62 bits per heavy atom. The molecule has 0 heterocycles.